The van der Waals surface area contributed by atoms with Crippen LogP contribution in [-0.4, -0.2) is 26.6 Å². The molecule has 1 amide bonds. The van der Waals surface area contributed by atoms with E-state index in [-0.39, 0.29) is 18.1 Å². The third-order valence-electron chi connectivity index (χ3n) is 6.80. The highest BCUT2D eigenvalue weighted by molar-refractivity contribution is 7.91. The first-order chi connectivity index (χ1) is 12.3. The molecular weight excluding hydrogens is 346 g/mol. The quantitative estimate of drug-likeness (QED) is 0.828. The van der Waals surface area contributed by atoms with Crippen molar-refractivity contribution in [3.8, 4) is 0 Å². The smallest absolute Gasteiger partial charge is 0.221 e. The molecule has 4 saturated carbocycles. The van der Waals surface area contributed by atoms with Crippen molar-refractivity contribution in [2.75, 3.05) is 12.3 Å². The number of carbonyl (C=O) groups excluding carboxylic acids is 1. The van der Waals surface area contributed by atoms with Gasteiger partial charge in [-0.3, -0.25) is 4.79 Å². The van der Waals surface area contributed by atoms with Crippen molar-refractivity contribution >= 4 is 15.7 Å². The number of benzene rings is 1. The zero-order chi connectivity index (χ0) is 18.4. The summed E-state index contributed by atoms with van der Waals surface area (Å²) < 4.78 is 24.8. The van der Waals surface area contributed by atoms with Gasteiger partial charge in [-0.25, -0.2) is 8.42 Å². The molecule has 1 aromatic rings. The lowest BCUT2D eigenvalue weighted by molar-refractivity contribution is -0.122. The van der Waals surface area contributed by atoms with Crippen LogP contribution in [0.1, 0.15) is 50.5 Å². The highest BCUT2D eigenvalue weighted by atomic mass is 32.2. The Bertz CT molecular complexity index is 747. The van der Waals surface area contributed by atoms with E-state index in [1.165, 1.54) is 38.5 Å². The van der Waals surface area contributed by atoms with Crippen LogP contribution in [0.2, 0.25) is 0 Å². The van der Waals surface area contributed by atoms with E-state index < -0.39 is 9.84 Å². The van der Waals surface area contributed by atoms with Crippen LogP contribution in [-0.2, 0) is 14.6 Å². The Balaban J connectivity index is 1.30. The molecule has 0 aromatic heterocycles. The lowest BCUT2D eigenvalue weighted by Crippen LogP contribution is -2.51. The number of hydrogen-bond donors (Lipinski definition) is 1. The van der Waals surface area contributed by atoms with Gasteiger partial charge in [0.05, 0.1) is 10.6 Å². The van der Waals surface area contributed by atoms with Gasteiger partial charge in [0, 0.05) is 13.0 Å². The Labute approximate surface area is 156 Å². The molecule has 0 heterocycles. The van der Waals surface area contributed by atoms with Gasteiger partial charge >= 0.3 is 0 Å². The summed E-state index contributed by atoms with van der Waals surface area (Å²) in [4.78, 5) is 12.6. The third kappa shape index (κ3) is 3.68. The molecule has 5 heteroatoms. The number of nitrogens with one attached hydrogen (secondary N) is 1. The molecule has 5 rings (SSSR count). The van der Waals surface area contributed by atoms with E-state index in [9.17, 15) is 13.2 Å². The third-order valence-corrected chi connectivity index (χ3v) is 8.54. The second kappa shape index (κ2) is 6.66. The SMILES string of the molecule is Cc1ccc(S(=O)(=O)CCC(=O)NCC23CC4CC(CC(C4)C2)C3)cc1. The van der Waals surface area contributed by atoms with E-state index in [2.05, 4.69) is 5.32 Å². The first-order valence-corrected chi connectivity index (χ1v) is 11.5. The summed E-state index contributed by atoms with van der Waals surface area (Å²) in [6.45, 7) is 2.66. The average Bonchev–Trinajstić information content (AvgIpc) is 2.58. The van der Waals surface area contributed by atoms with E-state index in [0.29, 0.717) is 10.3 Å². The predicted molar refractivity (Wildman–Crippen MR) is 101 cm³/mol. The van der Waals surface area contributed by atoms with Crippen LogP contribution in [0.4, 0.5) is 0 Å². The Kier molecular flexibility index (Phi) is 4.62. The second-order valence-electron chi connectivity index (χ2n) is 9.08. The lowest BCUT2D eigenvalue weighted by Gasteiger charge is -2.56. The van der Waals surface area contributed by atoms with Gasteiger partial charge in [-0.15, -0.1) is 0 Å². The van der Waals surface area contributed by atoms with Gasteiger partial charge in [-0.05, 0) is 80.8 Å². The van der Waals surface area contributed by atoms with Gasteiger partial charge in [0.25, 0.3) is 0 Å². The summed E-state index contributed by atoms with van der Waals surface area (Å²) in [7, 11) is -3.40. The molecule has 0 unspecified atom stereocenters. The van der Waals surface area contributed by atoms with E-state index in [4.69, 9.17) is 0 Å². The van der Waals surface area contributed by atoms with E-state index in [1.54, 1.807) is 24.3 Å². The number of hydrogen-bond acceptors (Lipinski definition) is 3. The number of sulfone groups is 1. The Hall–Kier alpha value is -1.36. The first-order valence-electron chi connectivity index (χ1n) is 9.90. The van der Waals surface area contributed by atoms with Crippen molar-refractivity contribution in [2.24, 2.45) is 23.2 Å². The topological polar surface area (TPSA) is 63.2 Å². The molecular formula is C21H29NO3S. The van der Waals surface area contributed by atoms with Gasteiger partial charge in [-0.2, -0.15) is 0 Å². The van der Waals surface area contributed by atoms with Gasteiger partial charge in [-0.1, -0.05) is 17.7 Å². The molecule has 4 fully saturated rings. The standard InChI is InChI=1S/C21H29NO3S/c1-15-2-4-19(5-3-15)26(24,25)7-6-20(23)22-14-21-11-16-8-17(12-21)10-18(9-16)13-21/h2-5,16-18H,6-14H2,1H3,(H,22,23). The normalized spacial score (nSPS) is 32.6. The highest BCUT2D eigenvalue weighted by Crippen LogP contribution is 2.59. The van der Waals surface area contributed by atoms with Crippen molar-refractivity contribution in [3.05, 3.63) is 29.8 Å². The summed E-state index contributed by atoms with van der Waals surface area (Å²) in [6, 6.07) is 6.83. The number of amides is 1. The maximum atomic E-state index is 12.4. The van der Waals surface area contributed by atoms with Crippen LogP contribution >= 0.6 is 0 Å². The molecule has 4 bridgehead atoms. The molecule has 1 N–H and O–H groups in total. The fourth-order valence-corrected chi connectivity index (χ4v) is 7.21. The van der Waals surface area contributed by atoms with Gasteiger partial charge in [0.15, 0.2) is 9.84 Å². The molecule has 0 saturated heterocycles. The minimum absolute atomic E-state index is 0.0442. The Morgan fingerprint density at radius 3 is 2.12 bits per heavy atom. The fraction of sp³-hybridized carbons (Fsp3) is 0.667. The molecule has 142 valence electrons. The molecule has 0 spiro atoms. The summed E-state index contributed by atoms with van der Waals surface area (Å²) in [6.07, 6.45) is 7.97. The fourth-order valence-electron chi connectivity index (χ4n) is 5.97. The largest absolute Gasteiger partial charge is 0.356 e. The molecule has 4 aliphatic carbocycles. The summed E-state index contributed by atoms with van der Waals surface area (Å²) in [5, 5.41) is 3.07. The van der Waals surface area contributed by atoms with Crippen LogP contribution in [0.25, 0.3) is 0 Å². The van der Waals surface area contributed by atoms with Crippen molar-refractivity contribution in [1.82, 2.24) is 5.32 Å². The monoisotopic (exact) mass is 375 g/mol. The molecule has 0 atom stereocenters. The Morgan fingerprint density at radius 2 is 1.58 bits per heavy atom. The minimum atomic E-state index is -3.40. The van der Waals surface area contributed by atoms with Crippen molar-refractivity contribution < 1.29 is 13.2 Å². The number of aryl methyl sites for hydroxylation is 1. The maximum absolute atomic E-state index is 12.4. The van der Waals surface area contributed by atoms with Gasteiger partial charge in [0.2, 0.25) is 5.91 Å². The molecule has 26 heavy (non-hydrogen) atoms. The highest BCUT2D eigenvalue weighted by Gasteiger charge is 2.50. The molecule has 4 nitrogen and oxygen atoms in total. The number of rotatable bonds is 6. The zero-order valence-corrected chi connectivity index (χ0v) is 16.4. The van der Waals surface area contributed by atoms with Gasteiger partial charge < -0.3 is 5.32 Å². The molecule has 0 aliphatic heterocycles. The molecule has 0 radical (unpaired) electrons. The Morgan fingerprint density at radius 1 is 1.04 bits per heavy atom. The van der Waals surface area contributed by atoms with Crippen LogP contribution in [0.5, 0.6) is 0 Å². The molecule has 1 aromatic carbocycles. The average molecular weight is 376 g/mol. The van der Waals surface area contributed by atoms with E-state index in [1.807, 2.05) is 6.92 Å². The van der Waals surface area contributed by atoms with E-state index in [0.717, 1.165) is 29.9 Å². The molecule has 4 aliphatic rings. The summed E-state index contributed by atoms with van der Waals surface area (Å²) in [5.41, 5.74) is 1.32. The lowest BCUT2D eigenvalue weighted by atomic mass is 9.49. The number of carbonyl (C=O) groups is 1. The van der Waals surface area contributed by atoms with Crippen LogP contribution in [0, 0.1) is 30.1 Å². The first kappa shape index (κ1) is 18.0. The second-order valence-corrected chi connectivity index (χ2v) is 11.2. The zero-order valence-electron chi connectivity index (χ0n) is 15.5. The predicted octanol–water partition coefficient (Wildman–Crippen LogP) is 3.49. The van der Waals surface area contributed by atoms with E-state index >= 15 is 0 Å². The van der Waals surface area contributed by atoms with Crippen molar-refractivity contribution in [1.29, 1.82) is 0 Å². The van der Waals surface area contributed by atoms with Crippen molar-refractivity contribution in [3.63, 3.8) is 0 Å². The van der Waals surface area contributed by atoms with Crippen molar-refractivity contribution in [2.45, 2.75) is 56.8 Å². The van der Waals surface area contributed by atoms with Gasteiger partial charge in [0.1, 0.15) is 0 Å². The van der Waals surface area contributed by atoms with Crippen LogP contribution in [0.15, 0.2) is 29.2 Å². The summed E-state index contributed by atoms with van der Waals surface area (Å²) in [5.74, 6) is 2.33. The van der Waals surface area contributed by atoms with Crippen LogP contribution < -0.4 is 5.32 Å². The minimum Gasteiger partial charge on any atom is -0.356 e. The maximum Gasteiger partial charge on any atom is 0.221 e. The van der Waals surface area contributed by atoms with Crippen LogP contribution in [0.3, 0.4) is 0 Å². The summed E-state index contributed by atoms with van der Waals surface area (Å²) >= 11 is 0.